The summed E-state index contributed by atoms with van der Waals surface area (Å²) in [4.78, 5) is 0. The number of nitrogens with one attached hydrogen (secondary N) is 1. The first-order valence-electron chi connectivity index (χ1n) is 6.62. The number of methoxy groups -OCH3 is 1. The van der Waals surface area contributed by atoms with Crippen molar-refractivity contribution in [1.29, 1.82) is 0 Å². The molecule has 1 rings (SSSR count). The highest BCUT2D eigenvalue weighted by atomic mass is 16.5. The van der Waals surface area contributed by atoms with E-state index in [-0.39, 0.29) is 5.75 Å². The average molecular weight is 251 g/mol. The zero-order chi connectivity index (χ0) is 13.5. The molecule has 3 heteroatoms. The minimum Gasteiger partial charge on any atom is -0.504 e. The van der Waals surface area contributed by atoms with Crippen LogP contribution in [-0.4, -0.2) is 18.3 Å². The van der Waals surface area contributed by atoms with Crippen molar-refractivity contribution in [1.82, 2.24) is 5.32 Å². The molecule has 0 aliphatic heterocycles. The normalized spacial score (nSPS) is 12.7. The largest absolute Gasteiger partial charge is 0.504 e. The number of benzene rings is 1. The molecule has 102 valence electrons. The van der Waals surface area contributed by atoms with Crippen molar-refractivity contribution >= 4 is 0 Å². The number of rotatable bonds is 7. The molecule has 1 aromatic carbocycles. The smallest absolute Gasteiger partial charge is 0.160 e. The Bertz CT molecular complexity index is 364. The number of hydrogen-bond donors (Lipinski definition) is 2. The number of aromatic hydroxyl groups is 1. The summed E-state index contributed by atoms with van der Waals surface area (Å²) < 4.78 is 5.09. The first-order chi connectivity index (χ1) is 8.52. The predicted octanol–water partition coefficient (Wildman–Crippen LogP) is 3.32. The summed E-state index contributed by atoms with van der Waals surface area (Å²) in [5.41, 5.74) is 1.13. The molecule has 0 saturated carbocycles. The van der Waals surface area contributed by atoms with Gasteiger partial charge in [0.1, 0.15) is 0 Å². The fourth-order valence-corrected chi connectivity index (χ4v) is 1.81. The molecule has 0 aliphatic rings. The third kappa shape index (κ3) is 4.96. The van der Waals surface area contributed by atoms with Crippen LogP contribution in [0.5, 0.6) is 11.5 Å². The zero-order valence-corrected chi connectivity index (χ0v) is 11.9. The monoisotopic (exact) mass is 251 g/mol. The molecule has 0 amide bonds. The Morgan fingerprint density at radius 1 is 1.22 bits per heavy atom. The first-order valence-corrected chi connectivity index (χ1v) is 6.62. The van der Waals surface area contributed by atoms with E-state index in [1.54, 1.807) is 13.2 Å². The lowest BCUT2D eigenvalue weighted by Gasteiger charge is -2.15. The van der Waals surface area contributed by atoms with Crippen LogP contribution in [0, 0.1) is 5.92 Å². The van der Waals surface area contributed by atoms with Crippen molar-refractivity contribution in [2.24, 2.45) is 5.92 Å². The molecule has 1 unspecified atom stereocenters. The van der Waals surface area contributed by atoms with Gasteiger partial charge in [-0.3, -0.25) is 0 Å². The molecule has 0 bridgehead atoms. The summed E-state index contributed by atoms with van der Waals surface area (Å²) >= 11 is 0. The molecule has 18 heavy (non-hydrogen) atoms. The standard InChI is InChI=1S/C15H25NO2/c1-11(2)5-6-12(3)16-10-13-7-8-14(17)15(9-13)18-4/h7-9,11-12,16-17H,5-6,10H2,1-4H3. The van der Waals surface area contributed by atoms with Gasteiger partial charge in [0.2, 0.25) is 0 Å². The molecular formula is C15H25NO2. The molecule has 0 fully saturated rings. The zero-order valence-electron chi connectivity index (χ0n) is 11.9. The van der Waals surface area contributed by atoms with Crippen LogP contribution >= 0.6 is 0 Å². The molecule has 0 heterocycles. The molecule has 0 radical (unpaired) electrons. The van der Waals surface area contributed by atoms with Crippen molar-refractivity contribution in [2.75, 3.05) is 7.11 Å². The predicted molar refractivity (Wildman–Crippen MR) is 75.0 cm³/mol. The Kier molecular flexibility index (Phi) is 5.99. The van der Waals surface area contributed by atoms with Crippen LogP contribution in [-0.2, 0) is 6.54 Å². The van der Waals surface area contributed by atoms with E-state index in [2.05, 4.69) is 26.1 Å². The topological polar surface area (TPSA) is 41.5 Å². The SMILES string of the molecule is COc1cc(CNC(C)CCC(C)C)ccc1O. The Morgan fingerprint density at radius 3 is 2.56 bits per heavy atom. The number of phenols is 1. The second-order valence-electron chi connectivity index (χ2n) is 5.26. The van der Waals surface area contributed by atoms with E-state index in [9.17, 15) is 5.11 Å². The van der Waals surface area contributed by atoms with E-state index in [1.807, 2.05) is 12.1 Å². The van der Waals surface area contributed by atoms with Crippen molar-refractivity contribution in [3.05, 3.63) is 23.8 Å². The molecule has 3 nitrogen and oxygen atoms in total. The number of hydrogen-bond acceptors (Lipinski definition) is 3. The maximum atomic E-state index is 9.51. The van der Waals surface area contributed by atoms with Gasteiger partial charge in [-0.15, -0.1) is 0 Å². The molecule has 1 atom stereocenters. The van der Waals surface area contributed by atoms with E-state index >= 15 is 0 Å². The molecule has 2 N–H and O–H groups in total. The summed E-state index contributed by atoms with van der Waals surface area (Å²) in [6, 6.07) is 5.97. The van der Waals surface area contributed by atoms with Gasteiger partial charge < -0.3 is 15.2 Å². The summed E-state index contributed by atoms with van der Waals surface area (Å²) in [6.07, 6.45) is 2.43. The quantitative estimate of drug-likeness (QED) is 0.781. The molecular weight excluding hydrogens is 226 g/mol. The maximum absolute atomic E-state index is 9.51. The molecule has 0 aromatic heterocycles. The lowest BCUT2D eigenvalue weighted by Crippen LogP contribution is -2.25. The van der Waals surface area contributed by atoms with Gasteiger partial charge in [0, 0.05) is 12.6 Å². The number of phenolic OH excluding ortho intramolecular Hbond substituents is 1. The van der Waals surface area contributed by atoms with E-state index in [1.165, 1.54) is 12.8 Å². The van der Waals surface area contributed by atoms with Gasteiger partial charge in [-0.1, -0.05) is 19.9 Å². The second-order valence-corrected chi connectivity index (χ2v) is 5.26. The molecule has 0 saturated heterocycles. The van der Waals surface area contributed by atoms with E-state index < -0.39 is 0 Å². The average Bonchev–Trinajstić information content (AvgIpc) is 2.35. The highest BCUT2D eigenvalue weighted by Crippen LogP contribution is 2.26. The summed E-state index contributed by atoms with van der Waals surface area (Å²) in [5.74, 6) is 1.47. The lowest BCUT2D eigenvalue weighted by molar-refractivity contribution is 0.372. The number of ether oxygens (including phenoxy) is 1. The van der Waals surface area contributed by atoms with Crippen LogP contribution in [0.25, 0.3) is 0 Å². The van der Waals surface area contributed by atoms with Gasteiger partial charge in [-0.05, 0) is 43.4 Å². The van der Waals surface area contributed by atoms with Crippen molar-refractivity contribution in [3.63, 3.8) is 0 Å². The molecule has 1 aromatic rings. The van der Waals surface area contributed by atoms with E-state index in [4.69, 9.17) is 4.74 Å². The summed E-state index contributed by atoms with van der Waals surface area (Å²) in [7, 11) is 1.57. The first kappa shape index (κ1) is 14.8. The van der Waals surface area contributed by atoms with Crippen LogP contribution < -0.4 is 10.1 Å². The Morgan fingerprint density at radius 2 is 1.94 bits per heavy atom. The van der Waals surface area contributed by atoms with Crippen LogP contribution in [0.3, 0.4) is 0 Å². The minimum atomic E-state index is 0.189. The Balaban J connectivity index is 2.43. The third-order valence-electron chi connectivity index (χ3n) is 3.08. The highest BCUT2D eigenvalue weighted by molar-refractivity contribution is 5.41. The van der Waals surface area contributed by atoms with Crippen molar-refractivity contribution in [2.45, 2.75) is 46.2 Å². The van der Waals surface area contributed by atoms with Crippen LogP contribution in [0.15, 0.2) is 18.2 Å². The van der Waals surface area contributed by atoms with Crippen LogP contribution in [0.2, 0.25) is 0 Å². The van der Waals surface area contributed by atoms with Crippen molar-refractivity contribution < 1.29 is 9.84 Å². The van der Waals surface area contributed by atoms with Gasteiger partial charge in [0.05, 0.1) is 7.11 Å². The van der Waals surface area contributed by atoms with E-state index in [0.717, 1.165) is 18.0 Å². The van der Waals surface area contributed by atoms with Crippen molar-refractivity contribution in [3.8, 4) is 11.5 Å². The maximum Gasteiger partial charge on any atom is 0.160 e. The minimum absolute atomic E-state index is 0.189. The Hall–Kier alpha value is -1.22. The van der Waals surface area contributed by atoms with Gasteiger partial charge in [-0.2, -0.15) is 0 Å². The van der Waals surface area contributed by atoms with Gasteiger partial charge >= 0.3 is 0 Å². The second kappa shape index (κ2) is 7.27. The van der Waals surface area contributed by atoms with Gasteiger partial charge in [0.25, 0.3) is 0 Å². The van der Waals surface area contributed by atoms with Crippen LogP contribution in [0.1, 0.15) is 39.2 Å². The van der Waals surface area contributed by atoms with E-state index in [0.29, 0.717) is 11.8 Å². The summed E-state index contributed by atoms with van der Waals surface area (Å²) in [6.45, 7) is 7.50. The molecule has 0 spiro atoms. The third-order valence-corrected chi connectivity index (χ3v) is 3.08. The van der Waals surface area contributed by atoms with Crippen LogP contribution in [0.4, 0.5) is 0 Å². The fourth-order valence-electron chi connectivity index (χ4n) is 1.81. The summed E-state index contributed by atoms with van der Waals surface area (Å²) in [5, 5.41) is 13.0. The lowest BCUT2D eigenvalue weighted by atomic mass is 10.0. The Labute approximate surface area is 110 Å². The van der Waals surface area contributed by atoms with Gasteiger partial charge in [-0.25, -0.2) is 0 Å². The van der Waals surface area contributed by atoms with Gasteiger partial charge in [0.15, 0.2) is 11.5 Å². The fraction of sp³-hybridized carbons (Fsp3) is 0.600. The highest BCUT2D eigenvalue weighted by Gasteiger charge is 2.05. The molecule has 0 aliphatic carbocycles.